The molecule has 0 spiro atoms. The molecule has 0 fully saturated rings. The molecule has 1 atom stereocenters. The number of carbonyl (C=O) groups excluding carboxylic acids is 2. The number of benzene rings is 1. The summed E-state index contributed by atoms with van der Waals surface area (Å²) in [6.45, 7) is 0.0680. The maximum absolute atomic E-state index is 11.3. The van der Waals surface area contributed by atoms with Crippen molar-refractivity contribution in [1.82, 2.24) is 5.32 Å². The van der Waals surface area contributed by atoms with Gasteiger partial charge in [-0.2, -0.15) is 0 Å². The van der Waals surface area contributed by atoms with Crippen molar-refractivity contribution < 1.29 is 14.3 Å². The van der Waals surface area contributed by atoms with Gasteiger partial charge in [-0.1, -0.05) is 30.3 Å². The standard InChI is InChI=1S/C11H15N3O3/c12-6-9(10(13)15)14-11(16)17-7-8-4-2-1-3-5-8/h1-5,9H,6-7,12H2,(H2,13,15)(H,14,16). The van der Waals surface area contributed by atoms with Crippen LogP contribution in [0.5, 0.6) is 0 Å². The van der Waals surface area contributed by atoms with E-state index in [9.17, 15) is 9.59 Å². The van der Waals surface area contributed by atoms with Crippen molar-refractivity contribution in [3.63, 3.8) is 0 Å². The zero-order valence-corrected chi connectivity index (χ0v) is 9.26. The summed E-state index contributed by atoms with van der Waals surface area (Å²) in [6.07, 6.45) is -0.719. The third kappa shape index (κ3) is 4.52. The Bertz CT molecular complexity index is 381. The second-order valence-corrected chi connectivity index (χ2v) is 3.40. The van der Waals surface area contributed by atoms with Crippen molar-refractivity contribution in [1.29, 1.82) is 0 Å². The van der Waals surface area contributed by atoms with E-state index >= 15 is 0 Å². The molecule has 6 nitrogen and oxygen atoms in total. The Labute approximate surface area is 98.9 Å². The molecule has 2 amide bonds. The molecule has 6 heteroatoms. The molecule has 0 bridgehead atoms. The van der Waals surface area contributed by atoms with Crippen LogP contribution in [0, 0.1) is 0 Å². The molecule has 0 saturated heterocycles. The fourth-order valence-corrected chi connectivity index (χ4v) is 1.15. The highest BCUT2D eigenvalue weighted by atomic mass is 16.5. The fourth-order valence-electron chi connectivity index (χ4n) is 1.15. The molecule has 1 unspecified atom stereocenters. The Hall–Kier alpha value is -2.08. The molecule has 0 aromatic heterocycles. The molecule has 1 rings (SSSR count). The molecule has 0 aliphatic rings. The lowest BCUT2D eigenvalue weighted by Crippen LogP contribution is -2.49. The molecule has 5 N–H and O–H groups in total. The summed E-state index contributed by atoms with van der Waals surface area (Å²) in [5.74, 6) is -0.691. The molecule has 0 aliphatic carbocycles. The van der Waals surface area contributed by atoms with Gasteiger partial charge in [0.05, 0.1) is 0 Å². The average molecular weight is 237 g/mol. The van der Waals surface area contributed by atoms with Gasteiger partial charge in [-0.05, 0) is 5.56 Å². The van der Waals surface area contributed by atoms with Crippen LogP contribution >= 0.6 is 0 Å². The van der Waals surface area contributed by atoms with Crippen LogP contribution < -0.4 is 16.8 Å². The third-order valence-electron chi connectivity index (χ3n) is 2.08. The normalized spacial score (nSPS) is 11.6. The van der Waals surface area contributed by atoms with Crippen molar-refractivity contribution in [2.24, 2.45) is 11.5 Å². The number of carbonyl (C=O) groups is 2. The Morgan fingerprint density at radius 2 is 1.94 bits per heavy atom. The smallest absolute Gasteiger partial charge is 0.408 e. The second-order valence-electron chi connectivity index (χ2n) is 3.40. The molecule has 1 aromatic rings. The zero-order valence-electron chi connectivity index (χ0n) is 9.26. The maximum atomic E-state index is 11.3. The predicted octanol–water partition coefficient (Wildman–Crippen LogP) is -0.275. The lowest BCUT2D eigenvalue weighted by atomic mass is 10.2. The summed E-state index contributed by atoms with van der Waals surface area (Å²) >= 11 is 0. The minimum Gasteiger partial charge on any atom is -0.445 e. The number of amides is 2. The van der Waals surface area contributed by atoms with Gasteiger partial charge in [-0.15, -0.1) is 0 Å². The summed E-state index contributed by atoms with van der Waals surface area (Å²) in [5, 5.41) is 2.28. The van der Waals surface area contributed by atoms with Crippen molar-refractivity contribution >= 4 is 12.0 Å². The Morgan fingerprint density at radius 1 is 1.29 bits per heavy atom. The molecule has 0 radical (unpaired) electrons. The first kappa shape index (κ1) is 13.0. The second kappa shape index (κ2) is 6.49. The van der Waals surface area contributed by atoms with Crippen molar-refractivity contribution in [3.8, 4) is 0 Å². The summed E-state index contributed by atoms with van der Waals surface area (Å²) in [5.41, 5.74) is 11.1. The van der Waals surface area contributed by atoms with Crippen LogP contribution in [0.3, 0.4) is 0 Å². The molecule has 0 heterocycles. The van der Waals surface area contributed by atoms with E-state index in [0.29, 0.717) is 0 Å². The van der Waals surface area contributed by atoms with Crippen LogP contribution in [0.15, 0.2) is 30.3 Å². The SMILES string of the molecule is NCC(NC(=O)OCc1ccccc1)C(N)=O. The van der Waals surface area contributed by atoms with E-state index in [1.165, 1.54) is 0 Å². The highest BCUT2D eigenvalue weighted by molar-refractivity contribution is 5.84. The molecule has 92 valence electrons. The van der Waals surface area contributed by atoms with Crippen LogP contribution in [-0.4, -0.2) is 24.6 Å². The summed E-state index contributed by atoms with van der Waals surface area (Å²) < 4.78 is 4.90. The van der Waals surface area contributed by atoms with Gasteiger partial charge in [0, 0.05) is 6.54 Å². The highest BCUT2D eigenvalue weighted by Crippen LogP contribution is 2.00. The van der Waals surface area contributed by atoms with Gasteiger partial charge in [-0.25, -0.2) is 4.79 Å². The first-order valence-corrected chi connectivity index (χ1v) is 5.10. The van der Waals surface area contributed by atoms with Crippen LogP contribution in [0.2, 0.25) is 0 Å². The van der Waals surface area contributed by atoms with Crippen LogP contribution in [0.1, 0.15) is 5.56 Å². The predicted molar refractivity (Wildman–Crippen MR) is 61.8 cm³/mol. The van der Waals surface area contributed by atoms with E-state index in [1.54, 1.807) is 0 Å². The fraction of sp³-hybridized carbons (Fsp3) is 0.273. The third-order valence-corrected chi connectivity index (χ3v) is 2.08. The van der Waals surface area contributed by atoms with E-state index in [0.717, 1.165) is 5.56 Å². The van der Waals surface area contributed by atoms with Gasteiger partial charge in [0.2, 0.25) is 5.91 Å². The number of hydrogen-bond acceptors (Lipinski definition) is 4. The first-order valence-electron chi connectivity index (χ1n) is 5.10. The van der Waals surface area contributed by atoms with Crippen molar-refractivity contribution in [3.05, 3.63) is 35.9 Å². The number of nitrogens with two attached hydrogens (primary N) is 2. The molecular weight excluding hydrogens is 222 g/mol. The van der Waals surface area contributed by atoms with Crippen LogP contribution in [0.4, 0.5) is 4.79 Å². The quantitative estimate of drug-likeness (QED) is 0.654. The number of alkyl carbamates (subject to hydrolysis) is 1. The minimum atomic E-state index is -0.904. The Morgan fingerprint density at radius 3 is 2.47 bits per heavy atom. The average Bonchev–Trinajstić information content (AvgIpc) is 2.34. The number of ether oxygens (including phenoxy) is 1. The number of rotatable bonds is 5. The van der Waals surface area contributed by atoms with Gasteiger partial charge in [-0.3, -0.25) is 4.79 Å². The summed E-state index contributed by atoms with van der Waals surface area (Å²) in [7, 11) is 0. The van der Waals surface area contributed by atoms with Gasteiger partial charge in [0.15, 0.2) is 0 Å². The van der Waals surface area contributed by atoms with Gasteiger partial charge in [0.25, 0.3) is 0 Å². The summed E-state index contributed by atoms with van der Waals surface area (Å²) in [4.78, 5) is 22.1. The highest BCUT2D eigenvalue weighted by Gasteiger charge is 2.16. The van der Waals surface area contributed by atoms with Gasteiger partial charge in [0.1, 0.15) is 12.6 Å². The largest absolute Gasteiger partial charge is 0.445 e. The van der Waals surface area contributed by atoms with Crippen molar-refractivity contribution in [2.45, 2.75) is 12.6 Å². The summed E-state index contributed by atoms with van der Waals surface area (Å²) in [6, 6.07) is 8.27. The number of hydrogen-bond donors (Lipinski definition) is 3. The van der Waals surface area contributed by atoms with Crippen LogP contribution in [-0.2, 0) is 16.1 Å². The lowest BCUT2D eigenvalue weighted by molar-refractivity contribution is -0.119. The van der Waals surface area contributed by atoms with E-state index in [1.807, 2.05) is 30.3 Å². The zero-order chi connectivity index (χ0) is 12.7. The van der Waals surface area contributed by atoms with Crippen LogP contribution in [0.25, 0.3) is 0 Å². The number of nitrogens with one attached hydrogen (secondary N) is 1. The monoisotopic (exact) mass is 237 g/mol. The maximum Gasteiger partial charge on any atom is 0.408 e. The molecule has 0 aliphatic heterocycles. The Balaban J connectivity index is 2.37. The molecule has 0 saturated carbocycles. The van der Waals surface area contributed by atoms with Gasteiger partial charge >= 0.3 is 6.09 Å². The van der Waals surface area contributed by atoms with Gasteiger partial charge < -0.3 is 21.5 Å². The van der Waals surface area contributed by atoms with E-state index < -0.39 is 18.0 Å². The molecular formula is C11H15N3O3. The lowest BCUT2D eigenvalue weighted by Gasteiger charge is -2.13. The van der Waals surface area contributed by atoms with Crippen molar-refractivity contribution in [2.75, 3.05) is 6.54 Å². The van der Waals surface area contributed by atoms with E-state index in [4.69, 9.17) is 16.2 Å². The minimum absolute atomic E-state index is 0.0598. The molecule has 1 aromatic carbocycles. The Kier molecular flexibility index (Phi) is 4.96. The van der Waals surface area contributed by atoms with E-state index in [-0.39, 0.29) is 13.2 Å². The number of primary amides is 1. The van der Waals surface area contributed by atoms with E-state index in [2.05, 4.69) is 5.32 Å². The first-order chi connectivity index (χ1) is 8.13. The topological polar surface area (TPSA) is 107 Å². The molecule has 17 heavy (non-hydrogen) atoms.